The van der Waals surface area contributed by atoms with E-state index in [2.05, 4.69) is 35.8 Å². The fraction of sp³-hybridized carbons (Fsp3) is 0.167. The Balaban J connectivity index is 1.74. The first kappa shape index (κ1) is 34.8. The van der Waals surface area contributed by atoms with Crippen molar-refractivity contribution in [3.63, 3.8) is 0 Å². The number of aromatic nitrogens is 4. The molecule has 0 fully saturated rings. The van der Waals surface area contributed by atoms with E-state index < -0.39 is 80.3 Å². The van der Waals surface area contributed by atoms with Crippen LogP contribution in [0.25, 0.3) is 0 Å². The molecule has 2 aromatic carbocycles. The largest absolute Gasteiger partial charge is 0.493 e. The molecule has 47 heavy (non-hydrogen) atoms. The average molecular weight is 713 g/mol. The summed E-state index contributed by atoms with van der Waals surface area (Å²) < 4.78 is 99.2. The van der Waals surface area contributed by atoms with Crippen LogP contribution in [0.3, 0.4) is 0 Å². The Kier molecular flexibility index (Phi) is 9.60. The van der Waals surface area contributed by atoms with Crippen LogP contribution >= 0.6 is 0 Å². The van der Waals surface area contributed by atoms with Crippen LogP contribution in [-0.2, 0) is 42.7 Å². The van der Waals surface area contributed by atoms with E-state index in [1.807, 2.05) is 0 Å². The minimum Gasteiger partial charge on any atom is -0.493 e. The third-order valence-corrected chi connectivity index (χ3v) is 8.59. The highest BCUT2D eigenvalue weighted by molar-refractivity contribution is 7.86. The second kappa shape index (κ2) is 13.0. The topological polar surface area (TPSA) is 313 Å². The Morgan fingerprint density at radius 2 is 1.45 bits per heavy atom. The van der Waals surface area contributed by atoms with Crippen molar-refractivity contribution >= 4 is 65.0 Å². The van der Waals surface area contributed by atoms with Gasteiger partial charge in [-0.3, -0.25) is 23.0 Å². The summed E-state index contributed by atoms with van der Waals surface area (Å²) in [5.74, 6) is -2.48. The van der Waals surface area contributed by atoms with E-state index in [1.54, 1.807) is 0 Å². The molecule has 0 aliphatic heterocycles. The molecule has 0 aliphatic carbocycles. The summed E-state index contributed by atoms with van der Waals surface area (Å²) in [6.45, 7) is 2.52. The number of nitrogens with one attached hydrogen (secondary N) is 2. The van der Waals surface area contributed by atoms with Gasteiger partial charge in [-0.15, -0.1) is 10.2 Å². The van der Waals surface area contributed by atoms with Gasteiger partial charge in [0.25, 0.3) is 35.9 Å². The van der Waals surface area contributed by atoms with Crippen molar-refractivity contribution in [1.29, 1.82) is 0 Å². The van der Waals surface area contributed by atoms with Gasteiger partial charge in [-0.05, 0) is 55.8 Å². The number of aromatic hydroxyl groups is 2. The summed E-state index contributed by atoms with van der Waals surface area (Å²) in [6.07, 6.45) is 0. The zero-order chi connectivity index (χ0) is 34.9. The SMILES string of the molecule is CCn1c(O)c(N=Nc2cc(Nc3nc(O)nc(Nc4cccc(S(=O)(=O)O)c4)n3)ccc2S(=O)(=O)O)c(C)c(CS(=O)(=O)O)c1=O. The maximum Gasteiger partial charge on any atom is 0.320 e. The standard InChI is InChI=1S/C24H24N8O12S3/c1-3-32-20(33)16(11-45(36,37)38)12(2)19(21(32)34)31-30-17-10-14(7-8-18(17)47(42,43)44)26-23-27-22(28-24(35)29-23)25-13-5-4-6-15(9-13)46(39,40)41/h4-10,34H,3,11H2,1-2H3,(H,36,37,38)(H,39,40,41)(H,42,43,44)(H3,25,26,27,28,29,35). The van der Waals surface area contributed by atoms with E-state index in [9.17, 15) is 53.9 Å². The second-order valence-electron chi connectivity index (χ2n) is 9.44. The Labute approximate surface area is 265 Å². The molecule has 23 heteroatoms. The molecule has 0 bridgehead atoms. The molecule has 4 rings (SSSR count). The number of anilines is 4. The molecule has 2 aromatic heterocycles. The molecule has 0 atom stereocenters. The van der Waals surface area contributed by atoms with Gasteiger partial charge in [-0.25, -0.2) is 0 Å². The van der Waals surface area contributed by atoms with Crippen molar-refractivity contribution in [3.05, 3.63) is 63.9 Å². The predicted octanol–water partition coefficient (Wildman–Crippen LogP) is 2.56. The van der Waals surface area contributed by atoms with Gasteiger partial charge in [0.2, 0.25) is 17.8 Å². The van der Waals surface area contributed by atoms with Gasteiger partial charge in [-0.1, -0.05) is 6.07 Å². The molecule has 250 valence electrons. The van der Waals surface area contributed by atoms with Crippen molar-refractivity contribution < 1.29 is 49.1 Å². The van der Waals surface area contributed by atoms with Crippen LogP contribution in [-0.4, -0.2) is 68.6 Å². The number of nitrogens with zero attached hydrogens (tertiary/aromatic N) is 6. The van der Waals surface area contributed by atoms with E-state index in [0.717, 1.165) is 34.9 Å². The van der Waals surface area contributed by atoms with Gasteiger partial charge in [0, 0.05) is 23.5 Å². The van der Waals surface area contributed by atoms with Crippen LogP contribution in [0.5, 0.6) is 11.9 Å². The Morgan fingerprint density at radius 1 is 0.830 bits per heavy atom. The van der Waals surface area contributed by atoms with Gasteiger partial charge >= 0.3 is 6.01 Å². The van der Waals surface area contributed by atoms with Gasteiger partial charge < -0.3 is 20.8 Å². The number of benzene rings is 2. The fourth-order valence-electron chi connectivity index (χ4n) is 4.09. The van der Waals surface area contributed by atoms with Crippen molar-refractivity contribution in [2.24, 2.45) is 10.2 Å². The Morgan fingerprint density at radius 3 is 2.00 bits per heavy atom. The summed E-state index contributed by atoms with van der Waals surface area (Å²) in [5, 5.41) is 33.6. The van der Waals surface area contributed by atoms with E-state index in [1.165, 1.54) is 26.0 Å². The number of hydrogen-bond acceptors (Lipinski definition) is 16. The molecule has 4 aromatic rings. The first-order valence-corrected chi connectivity index (χ1v) is 17.3. The molecule has 2 heterocycles. The zero-order valence-corrected chi connectivity index (χ0v) is 26.4. The number of azo groups is 1. The number of rotatable bonds is 11. The van der Waals surface area contributed by atoms with Crippen LogP contribution in [0, 0.1) is 6.92 Å². The summed E-state index contributed by atoms with van der Waals surface area (Å²) in [6, 6.07) is 7.21. The Bertz CT molecular complexity index is 2310. The van der Waals surface area contributed by atoms with E-state index in [0.29, 0.717) is 0 Å². The smallest absolute Gasteiger partial charge is 0.320 e. The summed E-state index contributed by atoms with van der Waals surface area (Å²) >= 11 is 0. The molecule has 0 radical (unpaired) electrons. The first-order valence-electron chi connectivity index (χ1n) is 12.8. The fourth-order valence-corrected chi connectivity index (χ4v) is 5.92. The molecule has 20 nitrogen and oxygen atoms in total. The molecule has 0 saturated carbocycles. The minimum absolute atomic E-state index is 0.00260. The van der Waals surface area contributed by atoms with E-state index in [4.69, 9.17) is 0 Å². The van der Waals surface area contributed by atoms with Gasteiger partial charge in [0.1, 0.15) is 22.0 Å². The number of hydrogen-bond donors (Lipinski definition) is 7. The zero-order valence-electron chi connectivity index (χ0n) is 24.0. The maximum atomic E-state index is 12.7. The third kappa shape index (κ3) is 8.40. The quantitative estimate of drug-likeness (QED) is 0.0867. The van der Waals surface area contributed by atoms with Crippen LogP contribution in [0.4, 0.5) is 34.6 Å². The van der Waals surface area contributed by atoms with Crippen LogP contribution in [0.15, 0.2) is 67.3 Å². The lowest BCUT2D eigenvalue weighted by Gasteiger charge is -2.14. The normalized spacial score (nSPS) is 12.4. The van der Waals surface area contributed by atoms with E-state index in [-0.39, 0.29) is 35.4 Å². The second-order valence-corrected chi connectivity index (χ2v) is 13.7. The first-order chi connectivity index (χ1) is 21.8. The lowest BCUT2D eigenvalue weighted by molar-refractivity contribution is 0.411. The van der Waals surface area contributed by atoms with Gasteiger partial charge in [-0.2, -0.15) is 40.2 Å². The van der Waals surface area contributed by atoms with Crippen LogP contribution in [0.1, 0.15) is 18.1 Å². The number of pyridine rings is 1. The molecular weight excluding hydrogens is 689 g/mol. The highest BCUT2D eigenvalue weighted by Gasteiger charge is 2.23. The average Bonchev–Trinajstić information content (AvgIpc) is 2.94. The molecule has 0 unspecified atom stereocenters. The molecule has 0 amide bonds. The minimum atomic E-state index is -4.93. The van der Waals surface area contributed by atoms with Crippen LogP contribution < -0.4 is 16.2 Å². The van der Waals surface area contributed by atoms with Crippen molar-refractivity contribution in [2.45, 2.75) is 35.9 Å². The summed E-state index contributed by atoms with van der Waals surface area (Å²) in [5.41, 5.74) is -2.42. The lowest BCUT2D eigenvalue weighted by Crippen LogP contribution is -2.26. The van der Waals surface area contributed by atoms with Crippen molar-refractivity contribution in [3.8, 4) is 11.9 Å². The van der Waals surface area contributed by atoms with E-state index >= 15 is 0 Å². The maximum absolute atomic E-state index is 12.7. The highest BCUT2D eigenvalue weighted by atomic mass is 32.2. The third-order valence-electron chi connectivity index (χ3n) is 6.18. The molecule has 0 aliphatic rings. The van der Waals surface area contributed by atoms with Crippen molar-refractivity contribution in [2.75, 3.05) is 10.6 Å². The summed E-state index contributed by atoms with van der Waals surface area (Å²) in [4.78, 5) is 22.9. The predicted molar refractivity (Wildman–Crippen MR) is 163 cm³/mol. The molecule has 0 saturated heterocycles. The molecule has 0 spiro atoms. The van der Waals surface area contributed by atoms with Crippen LogP contribution in [0.2, 0.25) is 0 Å². The molecular formula is C24H24N8O12S3. The van der Waals surface area contributed by atoms with Gasteiger partial charge in [0.15, 0.2) is 0 Å². The lowest BCUT2D eigenvalue weighted by atomic mass is 10.1. The van der Waals surface area contributed by atoms with Crippen molar-refractivity contribution in [1.82, 2.24) is 19.5 Å². The monoisotopic (exact) mass is 712 g/mol. The summed E-state index contributed by atoms with van der Waals surface area (Å²) in [7, 11) is -14.2. The van der Waals surface area contributed by atoms with Gasteiger partial charge in [0.05, 0.1) is 4.90 Å². The highest BCUT2D eigenvalue weighted by Crippen LogP contribution is 2.35. The molecule has 7 N–H and O–H groups in total. The Hall–Kier alpha value is -5.07.